The van der Waals surface area contributed by atoms with Gasteiger partial charge in [-0.1, -0.05) is 26.0 Å². The molecule has 0 unspecified atom stereocenters. The summed E-state index contributed by atoms with van der Waals surface area (Å²) in [7, 11) is 0. The zero-order valence-corrected chi connectivity index (χ0v) is 16.1. The average Bonchev–Trinajstić information content (AvgIpc) is 2.98. The van der Waals surface area contributed by atoms with Gasteiger partial charge in [0.05, 0.1) is 20.8 Å². The van der Waals surface area contributed by atoms with E-state index >= 15 is 0 Å². The number of anilines is 1. The van der Waals surface area contributed by atoms with Crippen LogP contribution in [0, 0.1) is 18.7 Å². The fraction of sp³-hybridized carbons (Fsp3) is 0.250. The molecule has 3 aromatic rings. The predicted octanol–water partition coefficient (Wildman–Crippen LogP) is 4.14. The molecule has 3 rings (SSSR count). The highest BCUT2D eigenvalue weighted by atomic mass is 32.1. The summed E-state index contributed by atoms with van der Waals surface area (Å²) in [6, 6.07) is 10.4. The number of benzene rings is 2. The summed E-state index contributed by atoms with van der Waals surface area (Å²) in [6.45, 7) is 5.57. The van der Waals surface area contributed by atoms with Crippen LogP contribution in [0.4, 0.5) is 10.1 Å². The van der Waals surface area contributed by atoms with Crippen molar-refractivity contribution >= 4 is 39.1 Å². The van der Waals surface area contributed by atoms with E-state index in [1.807, 2.05) is 32.9 Å². The molecule has 27 heavy (non-hydrogen) atoms. The molecular formula is C20H20FN3O2S. The van der Waals surface area contributed by atoms with Crippen molar-refractivity contribution in [2.24, 2.45) is 5.92 Å². The van der Waals surface area contributed by atoms with Crippen molar-refractivity contribution in [3.8, 4) is 0 Å². The van der Waals surface area contributed by atoms with E-state index in [9.17, 15) is 14.0 Å². The van der Waals surface area contributed by atoms with Crippen molar-refractivity contribution in [2.45, 2.75) is 26.8 Å². The molecule has 5 nitrogen and oxygen atoms in total. The number of fused-ring (bicyclic) bond motifs is 1. The molecule has 0 saturated carbocycles. The van der Waals surface area contributed by atoms with E-state index in [1.54, 1.807) is 23.5 Å². The van der Waals surface area contributed by atoms with Gasteiger partial charge in [-0.25, -0.2) is 9.37 Å². The van der Waals surface area contributed by atoms with Crippen LogP contribution in [-0.4, -0.2) is 22.8 Å². The number of aromatic nitrogens is 1. The average molecular weight is 385 g/mol. The lowest BCUT2D eigenvalue weighted by atomic mass is 10.0. The Hall–Kier alpha value is -2.80. The van der Waals surface area contributed by atoms with E-state index in [1.165, 1.54) is 18.2 Å². The molecule has 1 aromatic heterocycles. The standard InChI is InChI=1S/C20H20FN3O2S/c1-11(2)18(24-19(25)14-6-4-5-7-15(14)21)20(26)23-13-8-9-16-17(10-13)27-12(3)22-16/h4-11,18H,1-3H3,(H,23,26)(H,24,25)/t18-/m0/s1. The Balaban J connectivity index is 1.76. The first-order chi connectivity index (χ1) is 12.8. The van der Waals surface area contributed by atoms with Gasteiger partial charge in [0.2, 0.25) is 5.91 Å². The quantitative estimate of drug-likeness (QED) is 0.693. The SMILES string of the molecule is Cc1nc2ccc(NC(=O)[C@@H](NC(=O)c3ccccc3F)C(C)C)cc2s1. The van der Waals surface area contributed by atoms with Crippen molar-refractivity contribution in [3.63, 3.8) is 0 Å². The lowest BCUT2D eigenvalue weighted by Crippen LogP contribution is -2.47. The monoisotopic (exact) mass is 385 g/mol. The first-order valence-corrected chi connectivity index (χ1v) is 9.40. The van der Waals surface area contributed by atoms with Gasteiger partial charge in [-0.2, -0.15) is 0 Å². The molecule has 0 bridgehead atoms. The van der Waals surface area contributed by atoms with E-state index in [4.69, 9.17) is 0 Å². The summed E-state index contributed by atoms with van der Waals surface area (Å²) in [6.07, 6.45) is 0. The third-order valence-corrected chi connectivity index (χ3v) is 5.05. The van der Waals surface area contributed by atoms with Gasteiger partial charge in [0, 0.05) is 5.69 Å². The van der Waals surface area contributed by atoms with E-state index in [0.29, 0.717) is 5.69 Å². The lowest BCUT2D eigenvalue weighted by molar-refractivity contribution is -0.118. The lowest BCUT2D eigenvalue weighted by Gasteiger charge is -2.22. The molecule has 7 heteroatoms. The topological polar surface area (TPSA) is 71.1 Å². The Bertz CT molecular complexity index is 1000. The van der Waals surface area contributed by atoms with Crippen LogP contribution in [0.25, 0.3) is 10.2 Å². The fourth-order valence-electron chi connectivity index (χ4n) is 2.74. The molecule has 1 atom stereocenters. The van der Waals surface area contributed by atoms with Crippen LogP contribution in [0.15, 0.2) is 42.5 Å². The molecule has 2 amide bonds. The molecule has 0 aliphatic rings. The summed E-state index contributed by atoms with van der Waals surface area (Å²) in [5.74, 6) is -1.76. The van der Waals surface area contributed by atoms with Gasteiger partial charge in [-0.05, 0) is 43.2 Å². The minimum Gasteiger partial charge on any atom is -0.340 e. The normalized spacial score (nSPS) is 12.2. The highest BCUT2D eigenvalue weighted by Crippen LogP contribution is 2.25. The number of rotatable bonds is 5. The van der Waals surface area contributed by atoms with Crippen molar-refractivity contribution in [1.82, 2.24) is 10.3 Å². The van der Waals surface area contributed by atoms with Crippen LogP contribution in [0.1, 0.15) is 29.2 Å². The van der Waals surface area contributed by atoms with Gasteiger partial charge in [-0.15, -0.1) is 11.3 Å². The number of aryl methyl sites for hydroxylation is 1. The maximum Gasteiger partial charge on any atom is 0.254 e. The maximum absolute atomic E-state index is 13.8. The van der Waals surface area contributed by atoms with Gasteiger partial charge in [0.25, 0.3) is 5.91 Å². The highest BCUT2D eigenvalue weighted by molar-refractivity contribution is 7.18. The Labute approximate surface area is 160 Å². The molecule has 2 N–H and O–H groups in total. The first-order valence-electron chi connectivity index (χ1n) is 8.58. The minimum atomic E-state index is -0.795. The van der Waals surface area contributed by atoms with Crippen LogP contribution in [0.3, 0.4) is 0 Å². The smallest absolute Gasteiger partial charge is 0.254 e. The third-order valence-electron chi connectivity index (χ3n) is 4.12. The fourth-order valence-corrected chi connectivity index (χ4v) is 3.60. The number of hydrogen-bond donors (Lipinski definition) is 2. The van der Waals surface area contributed by atoms with Crippen LogP contribution < -0.4 is 10.6 Å². The summed E-state index contributed by atoms with van der Waals surface area (Å²) in [4.78, 5) is 29.5. The van der Waals surface area contributed by atoms with Crippen LogP contribution in [0.5, 0.6) is 0 Å². The first kappa shape index (κ1) is 19.0. The minimum absolute atomic E-state index is 0.0856. The van der Waals surface area contributed by atoms with Crippen molar-refractivity contribution in [3.05, 3.63) is 58.9 Å². The number of hydrogen-bond acceptors (Lipinski definition) is 4. The molecule has 1 heterocycles. The van der Waals surface area contributed by atoms with E-state index in [-0.39, 0.29) is 17.4 Å². The van der Waals surface area contributed by atoms with Crippen molar-refractivity contribution in [2.75, 3.05) is 5.32 Å². The summed E-state index contributed by atoms with van der Waals surface area (Å²) in [5.41, 5.74) is 1.42. The third kappa shape index (κ3) is 4.31. The molecule has 0 spiro atoms. The van der Waals surface area contributed by atoms with Crippen molar-refractivity contribution < 1.29 is 14.0 Å². The molecule has 0 aliphatic heterocycles. The second-order valence-corrected chi connectivity index (χ2v) is 7.81. The highest BCUT2D eigenvalue weighted by Gasteiger charge is 2.25. The van der Waals surface area contributed by atoms with E-state index < -0.39 is 17.8 Å². The van der Waals surface area contributed by atoms with Gasteiger partial charge in [-0.3, -0.25) is 9.59 Å². The Morgan fingerprint density at radius 3 is 2.59 bits per heavy atom. The molecule has 0 radical (unpaired) electrons. The van der Waals surface area contributed by atoms with Gasteiger partial charge in [0.1, 0.15) is 11.9 Å². The van der Waals surface area contributed by atoms with E-state index in [2.05, 4.69) is 15.6 Å². The maximum atomic E-state index is 13.8. The number of carbonyl (C=O) groups excluding carboxylic acids is 2. The summed E-state index contributed by atoms with van der Waals surface area (Å²) < 4.78 is 14.8. The number of nitrogens with zero attached hydrogens (tertiary/aromatic N) is 1. The zero-order valence-electron chi connectivity index (χ0n) is 15.2. The summed E-state index contributed by atoms with van der Waals surface area (Å²) >= 11 is 1.54. The second kappa shape index (κ2) is 7.84. The Morgan fingerprint density at radius 2 is 1.89 bits per heavy atom. The van der Waals surface area contributed by atoms with Crippen LogP contribution in [-0.2, 0) is 4.79 Å². The van der Waals surface area contributed by atoms with Crippen LogP contribution >= 0.6 is 11.3 Å². The molecule has 140 valence electrons. The molecular weight excluding hydrogens is 365 g/mol. The van der Waals surface area contributed by atoms with Gasteiger partial charge in [0.15, 0.2) is 0 Å². The second-order valence-electron chi connectivity index (χ2n) is 6.58. The van der Waals surface area contributed by atoms with Crippen LogP contribution in [0.2, 0.25) is 0 Å². The van der Waals surface area contributed by atoms with Gasteiger partial charge >= 0.3 is 0 Å². The number of amides is 2. The largest absolute Gasteiger partial charge is 0.340 e. The zero-order chi connectivity index (χ0) is 19.6. The Morgan fingerprint density at radius 1 is 1.15 bits per heavy atom. The van der Waals surface area contributed by atoms with E-state index in [0.717, 1.165) is 15.2 Å². The number of thiazole rings is 1. The Kier molecular flexibility index (Phi) is 5.51. The molecule has 2 aromatic carbocycles. The van der Waals surface area contributed by atoms with Gasteiger partial charge < -0.3 is 10.6 Å². The van der Waals surface area contributed by atoms with Crippen molar-refractivity contribution in [1.29, 1.82) is 0 Å². The predicted molar refractivity (Wildman–Crippen MR) is 105 cm³/mol. The number of halogens is 1. The summed E-state index contributed by atoms with van der Waals surface area (Å²) in [5, 5.41) is 6.41. The molecule has 0 aliphatic carbocycles. The number of nitrogens with one attached hydrogen (secondary N) is 2. The number of carbonyl (C=O) groups is 2. The molecule has 0 saturated heterocycles. The molecule has 0 fully saturated rings.